The van der Waals surface area contributed by atoms with Gasteiger partial charge in [-0.25, -0.2) is 0 Å². The van der Waals surface area contributed by atoms with Crippen molar-refractivity contribution in [1.29, 1.82) is 0 Å². The second-order valence-electron chi connectivity index (χ2n) is 10.2. The predicted molar refractivity (Wildman–Crippen MR) is 119 cm³/mol. The highest BCUT2D eigenvalue weighted by atomic mass is 28.4. The Bertz CT molecular complexity index is 695. The molecule has 1 saturated heterocycles. The van der Waals surface area contributed by atoms with E-state index >= 15 is 0 Å². The Morgan fingerprint density at radius 2 is 1.86 bits per heavy atom. The van der Waals surface area contributed by atoms with Crippen LogP contribution in [0.1, 0.15) is 52.0 Å². The van der Waals surface area contributed by atoms with Crippen LogP contribution >= 0.6 is 0 Å². The van der Waals surface area contributed by atoms with Gasteiger partial charge < -0.3 is 19.4 Å². The first-order chi connectivity index (χ1) is 13.6. The fourth-order valence-corrected chi connectivity index (χ4v) is 5.43. The molecule has 5 atom stereocenters. The summed E-state index contributed by atoms with van der Waals surface area (Å²) in [4.78, 5) is 0. The van der Waals surface area contributed by atoms with Gasteiger partial charge in [-0.1, -0.05) is 51.1 Å². The maximum absolute atomic E-state index is 10.8. The van der Waals surface area contributed by atoms with Gasteiger partial charge in [0.05, 0.1) is 18.0 Å². The van der Waals surface area contributed by atoms with Crippen LogP contribution in [0.3, 0.4) is 0 Å². The normalized spacial score (nSPS) is 30.4. The largest absolute Gasteiger partial charge is 0.546 e. The first kappa shape index (κ1) is 22.5. The molecule has 1 aliphatic carbocycles. The number of aliphatic hydroxyl groups is 2. The number of aryl methyl sites for hydroxylation is 1. The molecule has 1 aromatic carbocycles. The second-order valence-corrected chi connectivity index (χ2v) is 14.9. The number of rotatable bonds is 7. The molecule has 0 spiro atoms. The minimum Gasteiger partial charge on any atom is -0.546 e. The zero-order chi connectivity index (χ0) is 21.2. The van der Waals surface area contributed by atoms with Crippen molar-refractivity contribution in [2.75, 3.05) is 0 Å². The molecular weight excluding hydrogens is 380 g/mol. The van der Waals surface area contributed by atoms with Crippen LogP contribution in [0, 0.1) is 11.8 Å². The molecular formula is C24H38O4Si. The van der Waals surface area contributed by atoms with Crippen LogP contribution in [0.4, 0.5) is 0 Å². The molecule has 29 heavy (non-hydrogen) atoms. The Labute approximate surface area is 177 Å². The van der Waals surface area contributed by atoms with Crippen molar-refractivity contribution in [2.24, 2.45) is 11.8 Å². The molecule has 1 heterocycles. The summed E-state index contributed by atoms with van der Waals surface area (Å²) in [5.74, 6) is 0.982. The third-order valence-corrected chi connectivity index (χ3v) is 11.4. The van der Waals surface area contributed by atoms with Gasteiger partial charge >= 0.3 is 0 Å². The molecule has 3 rings (SSSR count). The van der Waals surface area contributed by atoms with Gasteiger partial charge in [-0.05, 0) is 49.0 Å². The zero-order valence-corrected chi connectivity index (χ0v) is 19.6. The number of allylic oxidation sites excluding steroid dienone is 1. The molecule has 1 saturated carbocycles. The van der Waals surface area contributed by atoms with Crippen LogP contribution in [-0.2, 0) is 15.6 Å². The number of hydrogen-bond donors (Lipinski definition) is 2. The maximum atomic E-state index is 10.8. The monoisotopic (exact) mass is 418 g/mol. The average molecular weight is 419 g/mol. The van der Waals surface area contributed by atoms with E-state index in [1.165, 1.54) is 5.56 Å². The van der Waals surface area contributed by atoms with Gasteiger partial charge in [0, 0.05) is 24.7 Å². The van der Waals surface area contributed by atoms with Gasteiger partial charge in [0.25, 0.3) is 0 Å². The minimum absolute atomic E-state index is 0.0688. The minimum atomic E-state index is -2.03. The van der Waals surface area contributed by atoms with Crippen molar-refractivity contribution in [2.45, 2.75) is 89.5 Å². The lowest BCUT2D eigenvalue weighted by Crippen LogP contribution is -2.42. The zero-order valence-electron chi connectivity index (χ0n) is 18.6. The number of benzene rings is 1. The van der Waals surface area contributed by atoms with Gasteiger partial charge in [0.1, 0.15) is 0 Å². The molecule has 2 fully saturated rings. The number of hydrogen-bond acceptors (Lipinski definition) is 4. The van der Waals surface area contributed by atoms with E-state index in [1.807, 2.05) is 6.07 Å². The molecule has 0 radical (unpaired) electrons. The Morgan fingerprint density at radius 3 is 2.52 bits per heavy atom. The quantitative estimate of drug-likeness (QED) is 0.371. The summed E-state index contributed by atoms with van der Waals surface area (Å²) in [6.07, 6.45) is 5.11. The third kappa shape index (κ3) is 5.32. The fraction of sp³-hybridized carbons (Fsp3) is 0.667. The van der Waals surface area contributed by atoms with Crippen molar-refractivity contribution >= 4 is 8.32 Å². The lowest BCUT2D eigenvalue weighted by molar-refractivity contribution is -0.0950. The van der Waals surface area contributed by atoms with Crippen LogP contribution in [0.2, 0.25) is 18.1 Å². The molecule has 2 aliphatic rings. The number of ether oxygens (including phenoxy) is 1. The molecule has 2 N–H and O–H groups in total. The summed E-state index contributed by atoms with van der Waals surface area (Å²) in [6.45, 7) is 11.2. The van der Waals surface area contributed by atoms with Gasteiger partial charge in [-0.3, -0.25) is 0 Å². The smallest absolute Gasteiger partial charge is 0.250 e. The highest BCUT2D eigenvalue weighted by Crippen LogP contribution is 2.48. The van der Waals surface area contributed by atoms with E-state index < -0.39 is 20.7 Å². The van der Waals surface area contributed by atoms with E-state index in [9.17, 15) is 10.2 Å². The summed E-state index contributed by atoms with van der Waals surface area (Å²) >= 11 is 0. The maximum Gasteiger partial charge on any atom is 0.250 e. The highest BCUT2D eigenvalue weighted by Gasteiger charge is 2.52. The molecule has 0 amide bonds. The summed E-state index contributed by atoms with van der Waals surface area (Å²) in [7, 11) is -2.03. The van der Waals surface area contributed by atoms with E-state index in [0.717, 1.165) is 25.0 Å². The number of fused-ring (bicyclic) bond motifs is 1. The van der Waals surface area contributed by atoms with Gasteiger partial charge in [-0.2, -0.15) is 0 Å². The molecule has 0 bridgehead atoms. The Balaban J connectivity index is 1.76. The van der Waals surface area contributed by atoms with Crippen molar-refractivity contribution in [1.82, 2.24) is 0 Å². The topological polar surface area (TPSA) is 58.9 Å². The van der Waals surface area contributed by atoms with Crippen molar-refractivity contribution in [3.63, 3.8) is 0 Å². The lowest BCUT2D eigenvalue weighted by Gasteiger charge is -2.39. The van der Waals surface area contributed by atoms with Gasteiger partial charge in [-0.15, -0.1) is 0 Å². The van der Waals surface area contributed by atoms with E-state index in [2.05, 4.69) is 64.2 Å². The first-order valence-electron chi connectivity index (χ1n) is 11.0. The van der Waals surface area contributed by atoms with Crippen molar-refractivity contribution < 1.29 is 19.4 Å². The van der Waals surface area contributed by atoms with Crippen LogP contribution in [-0.4, -0.2) is 37.0 Å². The summed E-state index contributed by atoms with van der Waals surface area (Å²) in [5, 5.41) is 20.9. The molecule has 1 unspecified atom stereocenters. The average Bonchev–Trinajstić information content (AvgIpc) is 3.11. The molecule has 162 valence electrons. The molecule has 1 aliphatic heterocycles. The molecule has 5 heteroatoms. The predicted octanol–water partition coefficient (Wildman–Crippen LogP) is 5.02. The SMILES string of the molecule is CC(C)(C)[Si](C)(C)O/C(=C/CCCc1ccccc1)[C@@H]1[C@H]2CC(O)O[C@H]2C[C@H]1O. The summed E-state index contributed by atoms with van der Waals surface area (Å²) in [5.41, 5.74) is 1.35. The lowest BCUT2D eigenvalue weighted by atomic mass is 9.89. The summed E-state index contributed by atoms with van der Waals surface area (Å²) < 4.78 is 12.4. The Morgan fingerprint density at radius 1 is 1.17 bits per heavy atom. The van der Waals surface area contributed by atoms with Crippen molar-refractivity contribution in [3.05, 3.63) is 47.7 Å². The van der Waals surface area contributed by atoms with Crippen LogP contribution in [0.15, 0.2) is 42.2 Å². The molecule has 0 aromatic heterocycles. The Kier molecular flexibility index (Phi) is 6.94. The van der Waals surface area contributed by atoms with Crippen LogP contribution in [0.5, 0.6) is 0 Å². The summed E-state index contributed by atoms with van der Waals surface area (Å²) in [6, 6.07) is 10.5. The molecule has 4 nitrogen and oxygen atoms in total. The highest BCUT2D eigenvalue weighted by molar-refractivity contribution is 6.74. The van der Waals surface area contributed by atoms with E-state index in [-0.39, 0.29) is 23.0 Å². The van der Waals surface area contributed by atoms with Gasteiger partial charge in [0.2, 0.25) is 8.32 Å². The van der Waals surface area contributed by atoms with Gasteiger partial charge in [0.15, 0.2) is 6.29 Å². The van der Waals surface area contributed by atoms with Crippen molar-refractivity contribution in [3.8, 4) is 0 Å². The first-order valence-corrected chi connectivity index (χ1v) is 13.9. The fourth-order valence-electron chi connectivity index (χ4n) is 4.31. The number of unbranched alkanes of at least 4 members (excludes halogenated alkanes) is 1. The Hall–Kier alpha value is -1.14. The van der Waals surface area contributed by atoms with Crippen LogP contribution < -0.4 is 0 Å². The van der Waals surface area contributed by atoms with Crippen LogP contribution in [0.25, 0.3) is 0 Å². The number of aliphatic hydroxyl groups excluding tert-OH is 2. The second kappa shape index (κ2) is 8.92. The molecule has 1 aromatic rings. The van der Waals surface area contributed by atoms with E-state index in [4.69, 9.17) is 9.16 Å². The third-order valence-electron chi connectivity index (χ3n) is 7.00. The van der Waals surface area contributed by atoms with E-state index in [1.54, 1.807) is 0 Å². The van der Waals surface area contributed by atoms with E-state index in [0.29, 0.717) is 12.8 Å². The standard InChI is InChI=1S/C24H38O4Si/c1-24(2,3)29(4,5)28-20(14-10-9-13-17-11-7-6-8-12-17)23-18-15-22(26)27-21(18)16-19(23)25/h6-8,11-12,14,18-19,21-23,25-26H,9-10,13,15-16H2,1-5H3/b20-14+/t18-,19+,21-,22?,23+/m0/s1.